The molecule has 1 aromatic rings. The van der Waals surface area contributed by atoms with Gasteiger partial charge in [-0.05, 0) is 30.7 Å². The van der Waals surface area contributed by atoms with E-state index in [1.165, 1.54) is 0 Å². The molecule has 0 aliphatic carbocycles. The van der Waals surface area contributed by atoms with Gasteiger partial charge in [0.05, 0.1) is 0 Å². The third-order valence-corrected chi connectivity index (χ3v) is 3.01. The Balaban J connectivity index is 2.17. The van der Waals surface area contributed by atoms with Crippen molar-refractivity contribution in [2.45, 2.75) is 25.8 Å². The van der Waals surface area contributed by atoms with Crippen LogP contribution in [0.1, 0.15) is 31.4 Å². The molecular formula is C14H20N2O3. The Morgan fingerprint density at radius 1 is 1.37 bits per heavy atom. The number of carbonyl (C=O) groups is 1. The predicted molar refractivity (Wildman–Crippen MR) is 72.3 cm³/mol. The maximum Gasteiger partial charge on any atom is 0.219 e. The summed E-state index contributed by atoms with van der Waals surface area (Å²) in [7, 11) is 0. The molecule has 1 amide bonds. The van der Waals surface area contributed by atoms with Gasteiger partial charge in [0.25, 0.3) is 0 Å². The predicted octanol–water partition coefficient (Wildman–Crippen LogP) is 1.37. The number of hydrogen-bond acceptors (Lipinski definition) is 4. The van der Waals surface area contributed by atoms with Crippen molar-refractivity contribution in [2.75, 3.05) is 19.8 Å². The number of ether oxygens (including phenoxy) is 2. The Morgan fingerprint density at radius 3 is 2.79 bits per heavy atom. The first-order valence-electron chi connectivity index (χ1n) is 6.62. The molecule has 104 valence electrons. The van der Waals surface area contributed by atoms with E-state index in [4.69, 9.17) is 15.2 Å². The first-order chi connectivity index (χ1) is 9.20. The van der Waals surface area contributed by atoms with E-state index in [0.29, 0.717) is 13.2 Å². The third-order valence-electron chi connectivity index (χ3n) is 3.01. The number of benzene rings is 1. The smallest absolute Gasteiger partial charge is 0.219 e. The summed E-state index contributed by atoms with van der Waals surface area (Å²) in [6, 6.07) is 5.67. The van der Waals surface area contributed by atoms with Crippen molar-refractivity contribution >= 4 is 5.91 Å². The van der Waals surface area contributed by atoms with E-state index < -0.39 is 0 Å². The standard InChI is InChI=1S/C14H20N2O3/c1-2-5-16-11(9-14(15)17)10-3-4-12-13(8-10)19-7-6-18-12/h3-4,8,11,16H,2,5-7,9H2,1H3,(H2,15,17). The first-order valence-corrected chi connectivity index (χ1v) is 6.62. The maximum atomic E-state index is 11.2. The Kier molecular flexibility index (Phi) is 4.63. The molecule has 1 unspecified atom stereocenters. The number of primary amides is 1. The molecule has 0 saturated carbocycles. The van der Waals surface area contributed by atoms with E-state index in [9.17, 15) is 4.79 Å². The van der Waals surface area contributed by atoms with Crippen molar-refractivity contribution in [1.29, 1.82) is 0 Å². The van der Waals surface area contributed by atoms with E-state index in [2.05, 4.69) is 12.2 Å². The van der Waals surface area contributed by atoms with Gasteiger partial charge in [-0.25, -0.2) is 0 Å². The highest BCUT2D eigenvalue weighted by Crippen LogP contribution is 2.33. The SMILES string of the molecule is CCCNC(CC(N)=O)c1ccc2c(c1)OCCO2. The van der Waals surface area contributed by atoms with Gasteiger partial charge in [-0.15, -0.1) is 0 Å². The topological polar surface area (TPSA) is 73.6 Å². The molecule has 0 fully saturated rings. The highest BCUT2D eigenvalue weighted by Gasteiger charge is 2.18. The fourth-order valence-electron chi connectivity index (χ4n) is 2.10. The fraction of sp³-hybridized carbons (Fsp3) is 0.500. The summed E-state index contributed by atoms with van der Waals surface area (Å²) in [4.78, 5) is 11.2. The van der Waals surface area contributed by atoms with E-state index in [-0.39, 0.29) is 18.4 Å². The molecule has 1 aliphatic rings. The molecule has 0 spiro atoms. The molecule has 2 rings (SSSR count). The number of nitrogens with two attached hydrogens (primary N) is 1. The van der Waals surface area contributed by atoms with Crippen LogP contribution in [0.2, 0.25) is 0 Å². The highest BCUT2D eigenvalue weighted by atomic mass is 16.6. The van der Waals surface area contributed by atoms with Crippen molar-refractivity contribution in [2.24, 2.45) is 5.73 Å². The Hall–Kier alpha value is -1.75. The van der Waals surface area contributed by atoms with Crippen molar-refractivity contribution in [3.63, 3.8) is 0 Å². The molecule has 1 aliphatic heterocycles. The summed E-state index contributed by atoms with van der Waals surface area (Å²) in [6.07, 6.45) is 1.28. The zero-order valence-electron chi connectivity index (χ0n) is 11.1. The molecule has 3 N–H and O–H groups in total. The molecule has 5 heteroatoms. The molecule has 1 atom stereocenters. The van der Waals surface area contributed by atoms with Gasteiger partial charge in [0, 0.05) is 12.5 Å². The van der Waals surface area contributed by atoms with E-state index >= 15 is 0 Å². The van der Waals surface area contributed by atoms with Gasteiger partial charge < -0.3 is 20.5 Å². The second kappa shape index (κ2) is 6.43. The van der Waals surface area contributed by atoms with Gasteiger partial charge in [-0.3, -0.25) is 4.79 Å². The summed E-state index contributed by atoms with van der Waals surface area (Å²) < 4.78 is 11.0. The van der Waals surface area contributed by atoms with Crippen molar-refractivity contribution in [3.05, 3.63) is 23.8 Å². The molecule has 0 aromatic heterocycles. The second-order valence-electron chi connectivity index (χ2n) is 4.58. The minimum absolute atomic E-state index is 0.0757. The lowest BCUT2D eigenvalue weighted by Crippen LogP contribution is -2.27. The van der Waals surface area contributed by atoms with Crippen LogP contribution in [0, 0.1) is 0 Å². The number of hydrogen-bond donors (Lipinski definition) is 2. The van der Waals surface area contributed by atoms with Gasteiger partial charge in [-0.1, -0.05) is 13.0 Å². The highest BCUT2D eigenvalue weighted by molar-refractivity contribution is 5.74. The summed E-state index contributed by atoms with van der Waals surface area (Å²) in [5, 5.41) is 3.33. The normalized spacial score (nSPS) is 15.0. The molecule has 1 aromatic carbocycles. The van der Waals surface area contributed by atoms with E-state index in [0.717, 1.165) is 30.0 Å². The Bertz CT molecular complexity index is 448. The lowest BCUT2D eigenvalue weighted by atomic mass is 10.0. The van der Waals surface area contributed by atoms with Gasteiger partial charge in [0.2, 0.25) is 5.91 Å². The maximum absolute atomic E-state index is 11.2. The number of carbonyl (C=O) groups excluding carboxylic acids is 1. The number of amides is 1. The van der Waals surface area contributed by atoms with Gasteiger partial charge >= 0.3 is 0 Å². The van der Waals surface area contributed by atoms with Gasteiger partial charge in [-0.2, -0.15) is 0 Å². The van der Waals surface area contributed by atoms with Crippen LogP contribution < -0.4 is 20.5 Å². The molecule has 0 saturated heterocycles. The van der Waals surface area contributed by atoms with Crippen molar-refractivity contribution in [1.82, 2.24) is 5.32 Å². The van der Waals surface area contributed by atoms with Crippen LogP contribution in [0.4, 0.5) is 0 Å². The van der Waals surface area contributed by atoms with Crippen LogP contribution in [-0.2, 0) is 4.79 Å². The third kappa shape index (κ3) is 3.61. The molecule has 0 bridgehead atoms. The Morgan fingerprint density at radius 2 is 2.11 bits per heavy atom. The summed E-state index contributed by atoms with van der Waals surface area (Å²) in [6.45, 7) is 4.05. The van der Waals surface area contributed by atoms with Crippen LogP contribution >= 0.6 is 0 Å². The van der Waals surface area contributed by atoms with Crippen LogP contribution in [-0.4, -0.2) is 25.7 Å². The first kappa shape index (κ1) is 13.7. The lowest BCUT2D eigenvalue weighted by molar-refractivity contribution is -0.118. The van der Waals surface area contributed by atoms with Crippen LogP contribution in [0.5, 0.6) is 11.5 Å². The van der Waals surface area contributed by atoms with Crippen LogP contribution in [0.3, 0.4) is 0 Å². The molecule has 1 heterocycles. The average molecular weight is 264 g/mol. The summed E-state index contributed by atoms with van der Waals surface area (Å²) in [5.74, 6) is 1.17. The van der Waals surface area contributed by atoms with Crippen LogP contribution in [0.25, 0.3) is 0 Å². The quantitative estimate of drug-likeness (QED) is 0.814. The monoisotopic (exact) mass is 264 g/mol. The largest absolute Gasteiger partial charge is 0.486 e. The molecule has 0 radical (unpaired) electrons. The number of nitrogens with one attached hydrogen (secondary N) is 1. The minimum atomic E-state index is -0.316. The second-order valence-corrected chi connectivity index (χ2v) is 4.58. The van der Waals surface area contributed by atoms with Crippen LogP contribution in [0.15, 0.2) is 18.2 Å². The van der Waals surface area contributed by atoms with E-state index in [1.54, 1.807) is 0 Å². The van der Waals surface area contributed by atoms with Crippen molar-refractivity contribution in [3.8, 4) is 11.5 Å². The van der Waals surface area contributed by atoms with Gasteiger partial charge in [0.1, 0.15) is 13.2 Å². The van der Waals surface area contributed by atoms with E-state index in [1.807, 2.05) is 18.2 Å². The Labute approximate surface area is 113 Å². The minimum Gasteiger partial charge on any atom is -0.486 e. The summed E-state index contributed by atoms with van der Waals surface area (Å²) in [5.41, 5.74) is 6.30. The fourth-order valence-corrected chi connectivity index (χ4v) is 2.10. The number of rotatable bonds is 6. The average Bonchev–Trinajstić information content (AvgIpc) is 2.42. The zero-order chi connectivity index (χ0) is 13.7. The molecular weight excluding hydrogens is 244 g/mol. The number of fused-ring (bicyclic) bond motifs is 1. The lowest BCUT2D eigenvalue weighted by Gasteiger charge is -2.22. The molecule has 19 heavy (non-hydrogen) atoms. The van der Waals surface area contributed by atoms with Crippen molar-refractivity contribution < 1.29 is 14.3 Å². The summed E-state index contributed by atoms with van der Waals surface area (Å²) >= 11 is 0. The zero-order valence-corrected chi connectivity index (χ0v) is 11.1. The molecule has 5 nitrogen and oxygen atoms in total. The van der Waals surface area contributed by atoms with Gasteiger partial charge in [0.15, 0.2) is 11.5 Å².